The summed E-state index contributed by atoms with van der Waals surface area (Å²) >= 11 is 0. The number of nitrogens with one attached hydrogen (secondary N) is 2. The van der Waals surface area contributed by atoms with Crippen LogP contribution in [0.2, 0.25) is 0 Å². The number of alkyl halides is 3. The van der Waals surface area contributed by atoms with Crippen LogP contribution in [0.15, 0.2) is 29.4 Å². The van der Waals surface area contributed by atoms with Crippen molar-refractivity contribution in [3.63, 3.8) is 0 Å². The van der Waals surface area contributed by atoms with Gasteiger partial charge in [0.05, 0.1) is 5.56 Å². The summed E-state index contributed by atoms with van der Waals surface area (Å²) in [6.07, 6.45) is -2.76. The van der Waals surface area contributed by atoms with Crippen molar-refractivity contribution >= 4 is 29.8 Å². The van der Waals surface area contributed by atoms with Gasteiger partial charge in [-0.15, -0.1) is 17.5 Å². The van der Waals surface area contributed by atoms with Crippen molar-refractivity contribution in [2.24, 2.45) is 5.10 Å². The molecule has 0 unspecified atom stereocenters. The SMILES string of the molecule is Cl.O=C1COC(c2ccc(C3=CCNC3)c(C(F)(F)F)c2)=NN1. The van der Waals surface area contributed by atoms with Gasteiger partial charge in [0.25, 0.3) is 5.91 Å². The maximum Gasteiger partial charge on any atom is 0.417 e. The minimum Gasteiger partial charge on any atom is -0.466 e. The second kappa shape index (κ2) is 6.59. The molecule has 0 fully saturated rings. The summed E-state index contributed by atoms with van der Waals surface area (Å²) in [6, 6.07) is 3.89. The number of carbonyl (C=O) groups is 1. The molecule has 0 spiro atoms. The van der Waals surface area contributed by atoms with Crippen molar-refractivity contribution in [3.8, 4) is 0 Å². The minimum absolute atomic E-state index is 0. The normalized spacial score (nSPS) is 17.6. The predicted octanol–water partition coefficient (Wildman–Crippen LogP) is 1.92. The Bertz CT molecular complexity index is 686. The van der Waals surface area contributed by atoms with Crippen molar-refractivity contribution < 1.29 is 22.7 Å². The number of amides is 1. The van der Waals surface area contributed by atoms with Crippen LogP contribution in [0.1, 0.15) is 16.7 Å². The molecule has 0 bridgehead atoms. The Kier molecular flexibility index (Phi) is 4.96. The standard InChI is InChI=1S/C14H12F3N3O2.ClH/c15-14(16,17)11-5-8(13-20-19-12(21)7-22-13)1-2-10(11)9-3-4-18-6-9;/h1-3,5,18H,4,6-7H2,(H,19,21);1H. The molecular formula is C14H13ClF3N3O2. The Labute approximate surface area is 136 Å². The van der Waals surface area contributed by atoms with E-state index in [1.165, 1.54) is 12.1 Å². The summed E-state index contributed by atoms with van der Waals surface area (Å²) in [5, 5.41) is 6.61. The maximum absolute atomic E-state index is 13.3. The summed E-state index contributed by atoms with van der Waals surface area (Å²) in [6.45, 7) is 0.684. The van der Waals surface area contributed by atoms with Gasteiger partial charge >= 0.3 is 6.18 Å². The minimum atomic E-state index is -4.49. The van der Waals surface area contributed by atoms with Gasteiger partial charge in [-0.25, -0.2) is 5.43 Å². The lowest BCUT2D eigenvalue weighted by Gasteiger charge is -2.18. The van der Waals surface area contributed by atoms with E-state index in [0.29, 0.717) is 18.7 Å². The summed E-state index contributed by atoms with van der Waals surface area (Å²) in [4.78, 5) is 11.0. The summed E-state index contributed by atoms with van der Waals surface area (Å²) < 4.78 is 45.0. The average Bonchev–Trinajstić information content (AvgIpc) is 3.01. The van der Waals surface area contributed by atoms with Crippen LogP contribution in [-0.2, 0) is 15.7 Å². The van der Waals surface area contributed by atoms with E-state index in [0.717, 1.165) is 6.07 Å². The summed E-state index contributed by atoms with van der Waals surface area (Å²) in [5.74, 6) is -0.478. The Morgan fingerprint density at radius 1 is 1.26 bits per heavy atom. The monoisotopic (exact) mass is 347 g/mol. The van der Waals surface area contributed by atoms with Crippen LogP contribution >= 0.6 is 12.4 Å². The highest BCUT2D eigenvalue weighted by Gasteiger charge is 2.35. The zero-order valence-electron chi connectivity index (χ0n) is 11.7. The van der Waals surface area contributed by atoms with Gasteiger partial charge in [0.1, 0.15) is 0 Å². The van der Waals surface area contributed by atoms with E-state index in [4.69, 9.17) is 4.74 Å². The van der Waals surface area contributed by atoms with Crippen molar-refractivity contribution in [2.45, 2.75) is 6.18 Å². The van der Waals surface area contributed by atoms with Crippen LogP contribution < -0.4 is 10.7 Å². The molecule has 0 saturated carbocycles. The Morgan fingerprint density at radius 3 is 2.61 bits per heavy atom. The fraction of sp³-hybridized carbons (Fsp3) is 0.286. The average molecular weight is 348 g/mol. The number of nitrogens with zero attached hydrogens (tertiary/aromatic N) is 1. The van der Waals surface area contributed by atoms with E-state index >= 15 is 0 Å². The van der Waals surface area contributed by atoms with E-state index in [2.05, 4.69) is 15.8 Å². The third-order valence-electron chi connectivity index (χ3n) is 3.35. The van der Waals surface area contributed by atoms with Gasteiger partial charge < -0.3 is 10.1 Å². The molecule has 3 rings (SSSR count). The van der Waals surface area contributed by atoms with Crippen LogP contribution in [0.5, 0.6) is 0 Å². The second-order valence-corrected chi connectivity index (χ2v) is 4.86. The second-order valence-electron chi connectivity index (χ2n) is 4.86. The van der Waals surface area contributed by atoms with Gasteiger partial charge in [0, 0.05) is 18.7 Å². The largest absolute Gasteiger partial charge is 0.466 e. The maximum atomic E-state index is 13.3. The number of hydrogen-bond acceptors (Lipinski definition) is 4. The van der Waals surface area contributed by atoms with E-state index in [9.17, 15) is 18.0 Å². The Balaban J connectivity index is 0.00000192. The van der Waals surface area contributed by atoms with Crippen LogP contribution in [-0.4, -0.2) is 31.5 Å². The van der Waals surface area contributed by atoms with Gasteiger partial charge in [0.2, 0.25) is 5.90 Å². The number of carbonyl (C=O) groups excluding carboxylic acids is 1. The molecule has 2 aliphatic rings. The number of hydrazone groups is 1. The number of halogens is 4. The molecule has 1 aromatic rings. The summed E-state index contributed by atoms with van der Waals surface area (Å²) in [5.41, 5.74) is 2.35. The zero-order chi connectivity index (χ0) is 15.7. The third-order valence-corrected chi connectivity index (χ3v) is 3.35. The highest BCUT2D eigenvalue weighted by atomic mass is 35.5. The van der Waals surface area contributed by atoms with E-state index in [1.54, 1.807) is 6.08 Å². The molecule has 2 N–H and O–H groups in total. The molecule has 124 valence electrons. The molecule has 2 heterocycles. The lowest BCUT2D eigenvalue weighted by molar-refractivity contribution is -0.137. The van der Waals surface area contributed by atoms with Crippen LogP contribution in [0, 0.1) is 0 Å². The first kappa shape index (κ1) is 17.3. The molecule has 9 heteroatoms. The fourth-order valence-electron chi connectivity index (χ4n) is 2.33. The number of hydrogen-bond donors (Lipinski definition) is 2. The molecule has 0 atom stereocenters. The van der Waals surface area contributed by atoms with Gasteiger partial charge in [-0.2, -0.15) is 13.2 Å². The molecule has 0 aliphatic carbocycles. The summed E-state index contributed by atoms with van der Waals surface area (Å²) in [7, 11) is 0. The van der Waals surface area contributed by atoms with Gasteiger partial charge in [-0.05, 0) is 23.3 Å². The molecule has 23 heavy (non-hydrogen) atoms. The van der Waals surface area contributed by atoms with Crippen LogP contribution in [0.4, 0.5) is 13.2 Å². The van der Waals surface area contributed by atoms with E-state index < -0.39 is 17.6 Å². The molecule has 2 aliphatic heterocycles. The lowest BCUT2D eigenvalue weighted by atomic mass is 9.97. The number of ether oxygens (including phenoxy) is 1. The van der Waals surface area contributed by atoms with E-state index in [-0.39, 0.29) is 36.0 Å². The Hall–Kier alpha value is -2.06. The molecule has 5 nitrogen and oxygen atoms in total. The first-order chi connectivity index (χ1) is 10.4. The van der Waals surface area contributed by atoms with E-state index in [1.807, 2.05) is 0 Å². The molecule has 1 aromatic carbocycles. The topological polar surface area (TPSA) is 62.7 Å². The number of rotatable bonds is 2. The van der Waals surface area contributed by atoms with Gasteiger partial charge in [0.15, 0.2) is 6.61 Å². The van der Waals surface area contributed by atoms with Crippen molar-refractivity contribution in [2.75, 3.05) is 19.7 Å². The highest BCUT2D eigenvalue weighted by molar-refractivity contribution is 5.98. The molecule has 1 amide bonds. The van der Waals surface area contributed by atoms with Crippen molar-refractivity contribution in [3.05, 3.63) is 41.0 Å². The first-order valence-corrected chi connectivity index (χ1v) is 6.56. The molecule has 0 aromatic heterocycles. The van der Waals surface area contributed by atoms with Crippen molar-refractivity contribution in [1.29, 1.82) is 0 Å². The molecule has 0 saturated heterocycles. The molecule has 0 radical (unpaired) electrons. The lowest BCUT2D eigenvalue weighted by Crippen LogP contribution is -2.32. The first-order valence-electron chi connectivity index (χ1n) is 6.56. The fourth-order valence-corrected chi connectivity index (χ4v) is 2.33. The predicted molar refractivity (Wildman–Crippen MR) is 80.2 cm³/mol. The van der Waals surface area contributed by atoms with Crippen LogP contribution in [0.3, 0.4) is 0 Å². The zero-order valence-corrected chi connectivity index (χ0v) is 12.6. The Morgan fingerprint density at radius 2 is 2.04 bits per heavy atom. The van der Waals surface area contributed by atoms with Crippen LogP contribution in [0.25, 0.3) is 5.57 Å². The van der Waals surface area contributed by atoms with Gasteiger partial charge in [-0.1, -0.05) is 12.1 Å². The van der Waals surface area contributed by atoms with Gasteiger partial charge in [-0.3, -0.25) is 4.79 Å². The third kappa shape index (κ3) is 3.65. The smallest absolute Gasteiger partial charge is 0.417 e. The quantitative estimate of drug-likeness (QED) is 0.859. The molecular weight excluding hydrogens is 335 g/mol. The van der Waals surface area contributed by atoms with Crippen molar-refractivity contribution in [1.82, 2.24) is 10.7 Å². The highest BCUT2D eigenvalue weighted by Crippen LogP contribution is 2.36. The number of benzene rings is 1.